The third-order valence-electron chi connectivity index (χ3n) is 6.54. The minimum atomic E-state index is -0.502. The number of piperidine rings is 1. The smallest absolute Gasteiger partial charge is 0.411 e. The third-order valence-corrected chi connectivity index (χ3v) is 6.54. The minimum absolute atomic E-state index is 0.0916. The summed E-state index contributed by atoms with van der Waals surface area (Å²) in [5, 5.41) is 0. The van der Waals surface area contributed by atoms with Gasteiger partial charge in [-0.1, -0.05) is 38.1 Å². The Balaban J connectivity index is 1.54. The van der Waals surface area contributed by atoms with Crippen LogP contribution in [-0.2, 0) is 17.7 Å². The van der Waals surface area contributed by atoms with Crippen LogP contribution in [0, 0.1) is 11.7 Å². The van der Waals surface area contributed by atoms with Crippen LogP contribution in [0.2, 0.25) is 0 Å². The van der Waals surface area contributed by atoms with Gasteiger partial charge in [-0.3, -0.25) is 4.90 Å². The van der Waals surface area contributed by atoms with Gasteiger partial charge in [-0.15, -0.1) is 0 Å². The lowest BCUT2D eigenvalue weighted by molar-refractivity contribution is -0.0165. The Morgan fingerprint density at radius 2 is 1.69 bits per heavy atom. The molecule has 1 atom stereocenters. The van der Waals surface area contributed by atoms with Crippen molar-refractivity contribution in [1.82, 2.24) is 9.80 Å². The average molecular weight is 441 g/mol. The maximum Gasteiger partial charge on any atom is 0.411 e. The van der Waals surface area contributed by atoms with Crippen molar-refractivity contribution in [1.29, 1.82) is 0 Å². The fourth-order valence-corrected chi connectivity index (χ4v) is 4.61. The fourth-order valence-electron chi connectivity index (χ4n) is 4.61. The number of hydrogen-bond donors (Lipinski definition) is 0. The molecule has 32 heavy (non-hydrogen) atoms. The van der Waals surface area contributed by atoms with E-state index in [2.05, 4.69) is 25.8 Å². The van der Waals surface area contributed by atoms with Gasteiger partial charge in [-0.2, -0.15) is 0 Å². The molecular weight excluding hydrogens is 407 g/mol. The molecule has 2 fully saturated rings. The summed E-state index contributed by atoms with van der Waals surface area (Å²) < 4.78 is 25.3. The number of carbonyl (C=O) groups is 1. The van der Waals surface area contributed by atoms with Crippen LogP contribution >= 0.6 is 0 Å². The molecule has 172 valence electrons. The Labute approximate surface area is 190 Å². The first-order valence-electron chi connectivity index (χ1n) is 11.5. The average Bonchev–Trinajstić information content (AvgIpc) is 3.02. The second kappa shape index (κ2) is 9.49. The van der Waals surface area contributed by atoms with E-state index in [0.29, 0.717) is 25.5 Å². The summed E-state index contributed by atoms with van der Waals surface area (Å²) in [5.74, 6) is 1.05. The number of ether oxygens (including phenoxy) is 2. The van der Waals surface area contributed by atoms with E-state index in [4.69, 9.17) is 9.47 Å². The lowest BCUT2D eigenvalue weighted by Crippen LogP contribution is -2.52. The van der Waals surface area contributed by atoms with Gasteiger partial charge in [0.1, 0.15) is 17.2 Å². The maximum atomic E-state index is 13.4. The molecular formula is C26H33FN2O3. The summed E-state index contributed by atoms with van der Waals surface area (Å²) in [6.45, 7) is 7.17. The Morgan fingerprint density at radius 3 is 2.31 bits per heavy atom. The van der Waals surface area contributed by atoms with E-state index >= 15 is 0 Å². The van der Waals surface area contributed by atoms with E-state index in [9.17, 15) is 9.18 Å². The maximum absolute atomic E-state index is 13.4. The van der Waals surface area contributed by atoms with Crippen molar-refractivity contribution in [3.05, 3.63) is 65.5 Å². The van der Waals surface area contributed by atoms with E-state index in [0.717, 1.165) is 42.8 Å². The molecule has 0 N–H and O–H groups in total. The van der Waals surface area contributed by atoms with Crippen LogP contribution in [0.4, 0.5) is 9.18 Å². The lowest BCUT2D eigenvalue weighted by Gasteiger charge is -2.40. The second-order valence-corrected chi connectivity index (χ2v) is 9.56. The summed E-state index contributed by atoms with van der Waals surface area (Å²) in [6, 6.07) is 14.4. The van der Waals surface area contributed by atoms with Gasteiger partial charge in [0.2, 0.25) is 0 Å². The van der Waals surface area contributed by atoms with Gasteiger partial charge in [-0.25, -0.2) is 9.18 Å². The van der Waals surface area contributed by atoms with Crippen LogP contribution < -0.4 is 4.74 Å². The zero-order valence-electron chi connectivity index (χ0n) is 19.2. The van der Waals surface area contributed by atoms with E-state index in [1.165, 1.54) is 12.1 Å². The normalized spacial score (nSPS) is 20.7. The largest absolute Gasteiger partial charge is 0.493 e. The molecule has 6 heteroatoms. The van der Waals surface area contributed by atoms with Crippen LogP contribution in [-0.4, -0.2) is 54.3 Å². The van der Waals surface area contributed by atoms with Gasteiger partial charge in [0, 0.05) is 32.5 Å². The van der Waals surface area contributed by atoms with Crippen LogP contribution in [0.5, 0.6) is 5.75 Å². The quantitative estimate of drug-likeness (QED) is 0.615. The SMILES string of the molecule is CC(C)COc1ccc(CN2C(=O)OC3(CCN(C)CC3)C2Cc2ccc(F)cc2)cc1. The predicted molar refractivity (Wildman–Crippen MR) is 122 cm³/mol. The second-order valence-electron chi connectivity index (χ2n) is 9.56. The minimum Gasteiger partial charge on any atom is -0.493 e. The van der Waals surface area contributed by atoms with E-state index in [1.807, 2.05) is 29.2 Å². The summed E-state index contributed by atoms with van der Waals surface area (Å²) in [5.41, 5.74) is 1.54. The highest BCUT2D eigenvalue weighted by atomic mass is 19.1. The molecule has 2 aliphatic rings. The first-order chi connectivity index (χ1) is 15.3. The highest BCUT2D eigenvalue weighted by Crippen LogP contribution is 2.40. The van der Waals surface area contributed by atoms with Crippen molar-refractivity contribution in [2.45, 2.75) is 51.3 Å². The molecule has 1 unspecified atom stereocenters. The van der Waals surface area contributed by atoms with Crippen molar-refractivity contribution < 1.29 is 18.7 Å². The van der Waals surface area contributed by atoms with Crippen LogP contribution in [0.1, 0.15) is 37.8 Å². The zero-order valence-corrected chi connectivity index (χ0v) is 19.2. The number of nitrogens with zero attached hydrogens (tertiary/aromatic N) is 2. The molecule has 0 aromatic heterocycles. The van der Waals surface area contributed by atoms with Crippen molar-refractivity contribution in [2.75, 3.05) is 26.7 Å². The number of rotatable bonds is 7. The summed E-state index contributed by atoms with van der Waals surface area (Å²) in [4.78, 5) is 17.2. The Bertz CT molecular complexity index is 906. The van der Waals surface area contributed by atoms with Crippen LogP contribution in [0.3, 0.4) is 0 Å². The van der Waals surface area contributed by atoms with Crippen molar-refractivity contribution in [2.24, 2.45) is 5.92 Å². The molecule has 0 bridgehead atoms. The highest BCUT2D eigenvalue weighted by molar-refractivity contribution is 5.72. The fraction of sp³-hybridized carbons (Fsp3) is 0.500. The molecule has 2 saturated heterocycles. The van der Waals surface area contributed by atoms with Gasteiger partial charge < -0.3 is 14.4 Å². The zero-order chi connectivity index (χ0) is 22.7. The molecule has 1 amide bonds. The lowest BCUT2D eigenvalue weighted by atomic mass is 9.81. The number of halogens is 1. The summed E-state index contributed by atoms with van der Waals surface area (Å²) in [7, 11) is 2.10. The molecule has 2 aromatic carbocycles. The molecule has 2 heterocycles. The van der Waals surface area contributed by atoms with E-state index < -0.39 is 5.60 Å². The number of amides is 1. The molecule has 4 rings (SSSR count). The number of likely N-dealkylation sites (tertiary alicyclic amines) is 1. The van der Waals surface area contributed by atoms with Crippen molar-refractivity contribution >= 4 is 6.09 Å². The van der Waals surface area contributed by atoms with E-state index in [-0.39, 0.29) is 18.0 Å². The van der Waals surface area contributed by atoms with Gasteiger partial charge in [-0.05, 0) is 54.8 Å². The van der Waals surface area contributed by atoms with Crippen LogP contribution in [0.25, 0.3) is 0 Å². The summed E-state index contributed by atoms with van der Waals surface area (Å²) >= 11 is 0. The molecule has 2 aromatic rings. The molecule has 0 aliphatic carbocycles. The topological polar surface area (TPSA) is 42.0 Å². The number of carbonyl (C=O) groups excluding carboxylic acids is 1. The van der Waals surface area contributed by atoms with Crippen molar-refractivity contribution in [3.63, 3.8) is 0 Å². The predicted octanol–water partition coefficient (Wildman–Crippen LogP) is 4.89. The standard InChI is InChI=1S/C26H33FN2O3/c1-19(2)18-31-23-10-6-21(7-11-23)17-29-24(16-20-4-8-22(27)9-5-20)26(32-25(29)30)12-14-28(3)15-13-26/h4-11,19,24H,12-18H2,1-3H3. The van der Waals surface area contributed by atoms with Gasteiger partial charge in [0.15, 0.2) is 0 Å². The first kappa shape index (κ1) is 22.6. The van der Waals surface area contributed by atoms with Crippen molar-refractivity contribution in [3.8, 4) is 5.75 Å². The Hall–Kier alpha value is -2.60. The molecule has 0 radical (unpaired) electrons. The number of hydrogen-bond acceptors (Lipinski definition) is 4. The van der Waals surface area contributed by atoms with Gasteiger partial charge in [0.05, 0.1) is 12.6 Å². The third kappa shape index (κ3) is 5.07. The molecule has 1 spiro atoms. The number of benzene rings is 2. The highest BCUT2D eigenvalue weighted by Gasteiger charge is 2.54. The van der Waals surface area contributed by atoms with Crippen LogP contribution in [0.15, 0.2) is 48.5 Å². The van der Waals surface area contributed by atoms with Gasteiger partial charge in [0.25, 0.3) is 0 Å². The Morgan fingerprint density at radius 1 is 1.06 bits per heavy atom. The molecule has 0 saturated carbocycles. The monoisotopic (exact) mass is 440 g/mol. The van der Waals surface area contributed by atoms with Gasteiger partial charge >= 0.3 is 6.09 Å². The molecule has 2 aliphatic heterocycles. The first-order valence-corrected chi connectivity index (χ1v) is 11.5. The Kier molecular flexibility index (Phi) is 6.70. The van der Waals surface area contributed by atoms with E-state index in [1.54, 1.807) is 12.1 Å². The summed E-state index contributed by atoms with van der Waals surface area (Å²) in [6.07, 6.45) is 1.99. The molecule has 5 nitrogen and oxygen atoms in total.